The van der Waals surface area contributed by atoms with Crippen molar-refractivity contribution in [1.29, 1.82) is 0 Å². The van der Waals surface area contributed by atoms with Crippen molar-refractivity contribution >= 4 is 38.4 Å². The minimum Gasteiger partial charge on any atom is -0.0984 e. The van der Waals surface area contributed by atoms with E-state index in [0.29, 0.717) is 0 Å². The fourth-order valence-corrected chi connectivity index (χ4v) is 3.06. The molecule has 0 fully saturated rings. The van der Waals surface area contributed by atoms with E-state index in [1.807, 2.05) is 6.08 Å². The second kappa shape index (κ2) is 4.21. The van der Waals surface area contributed by atoms with Crippen LogP contribution in [0.3, 0.4) is 0 Å². The van der Waals surface area contributed by atoms with Gasteiger partial charge in [0.15, 0.2) is 0 Å². The van der Waals surface area contributed by atoms with Gasteiger partial charge >= 0.3 is 0 Å². The van der Waals surface area contributed by atoms with Gasteiger partial charge in [-0.25, -0.2) is 0 Å². The van der Waals surface area contributed by atoms with Gasteiger partial charge in [-0.15, -0.1) is 0 Å². The van der Waals surface area contributed by atoms with Crippen LogP contribution in [0.25, 0.3) is 38.4 Å². The second-order valence-electron chi connectivity index (χ2n) is 5.10. The molecular weight excluding hydrogens is 240 g/mol. The van der Waals surface area contributed by atoms with E-state index in [9.17, 15) is 0 Å². The minimum absolute atomic E-state index is 1.20. The van der Waals surface area contributed by atoms with E-state index in [-0.39, 0.29) is 0 Å². The van der Waals surface area contributed by atoms with E-state index in [0.717, 1.165) is 0 Å². The summed E-state index contributed by atoms with van der Waals surface area (Å²) in [6.07, 6.45) is 1.95. The summed E-state index contributed by atoms with van der Waals surface area (Å²) >= 11 is 0. The Bertz CT molecular complexity index is 961. The summed E-state index contributed by atoms with van der Waals surface area (Å²) in [5.74, 6) is 0. The summed E-state index contributed by atoms with van der Waals surface area (Å²) < 4.78 is 0. The Morgan fingerprint density at radius 1 is 0.600 bits per heavy atom. The summed E-state index contributed by atoms with van der Waals surface area (Å²) in [6, 6.07) is 23.8. The molecule has 0 aliphatic carbocycles. The lowest BCUT2D eigenvalue weighted by molar-refractivity contribution is 1.75. The number of benzene rings is 4. The van der Waals surface area contributed by atoms with E-state index in [4.69, 9.17) is 0 Å². The fraction of sp³-hybridized carbons (Fsp3) is 0. The van der Waals surface area contributed by atoms with Crippen LogP contribution in [0.15, 0.2) is 73.3 Å². The van der Waals surface area contributed by atoms with Crippen molar-refractivity contribution in [3.8, 4) is 0 Å². The largest absolute Gasteiger partial charge is 0.0984 e. The summed E-state index contributed by atoms with van der Waals surface area (Å²) in [5, 5.41) is 7.77. The SMILES string of the molecule is C=Cc1cc2c3ccccc3ccc2c2ccccc12. The maximum absolute atomic E-state index is 3.97. The third kappa shape index (κ3) is 1.48. The third-order valence-electron chi connectivity index (χ3n) is 4.02. The topological polar surface area (TPSA) is 0 Å². The van der Waals surface area contributed by atoms with Crippen LogP contribution in [-0.4, -0.2) is 0 Å². The van der Waals surface area contributed by atoms with E-state index in [1.165, 1.54) is 37.9 Å². The van der Waals surface area contributed by atoms with Crippen molar-refractivity contribution in [3.05, 3.63) is 78.9 Å². The molecule has 0 heterocycles. The smallest absolute Gasteiger partial charge is 0.00930 e. The number of hydrogen-bond acceptors (Lipinski definition) is 0. The average Bonchev–Trinajstić information content (AvgIpc) is 2.53. The summed E-state index contributed by atoms with van der Waals surface area (Å²) in [5.41, 5.74) is 1.20. The Labute approximate surface area is 118 Å². The van der Waals surface area contributed by atoms with Crippen LogP contribution in [0.5, 0.6) is 0 Å². The molecule has 20 heavy (non-hydrogen) atoms. The lowest BCUT2D eigenvalue weighted by Crippen LogP contribution is -1.84. The first kappa shape index (κ1) is 11.2. The van der Waals surface area contributed by atoms with Gasteiger partial charge in [-0.1, -0.05) is 73.3 Å². The van der Waals surface area contributed by atoms with Gasteiger partial charge in [0, 0.05) is 0 Å². The molecule has 0 saturated carbocycles. The van der Waals surface area contributed by atoms with Gasteiger partial charge in [-0.3, -0.25) is 0 Å². The van der Waals surface area contributed by atoms with Crippen LogP contribution in [0.4, 0.5) is 0 Å². The first-order chi connectivity index (χ1) is 9.88. The van der Waals surface area contributed by atoms with Crippen molar-refractivity contribution in [2.24, 2.45) is 0 Å². The van der Waals surface area contributed by atoms with Crippen LogP contribution in [-0.2, 0) is 0 Å². The summed E-state index contributed by atoms with van der Waals surface area (Å²) in [6.45, 7) is 3.97. The molecule has 0 aliphatic heterocycles. The first-order valence-electron chi connectivity index (χ1n) is 6.84. The normalized spacial score (nSPS) is 11.2. The van der Waals surface area contributed by atoms with Gasteiger partial charge in [0.05, 0.1) is 0 Å². The van der Waals surface area contributed by atoms with Crippen molar-refractivity contribution in [3.63, 3.8) is 0 Å². The standard InChI is InChI=1S/C20H14/c1-2-14-13-20-17-9-4-3-7-15(17)11-12-19(20)18-10-6-5-8-16(14)18/h2-13H,1H2. The Hall–Kier alpha value is -2.60. The molecule has 0 bridgehead atoms. The van der Waals surface area contributed by atoms with Gasteiger partial charge in [0.1, 0.15) is 0 Å². The molecule has 94 valence electrons. The Balaban J connectivity index is 2.34. The molecule has 4 aromatic carbocycles. The van der Waals surface area contributed by atoms with Crippen molar-refractivity contribution in [1.82, 2.24) is 0 Å². The highest BCUT2D eigenvalue weighted by Crippen LogP contribution is 2.33. The lowest BCUT2D eigenvalue weighted by atomic mass is 9.94. The number of fused-ring (bicyclic) bond motifs is 5. The van der Waals surface area contributed by atoms with E-state index in [1.54, 1.807) is 0 Å². The van der Waals surface area contributed by atoms with Gasteiger partial charge in [0.2, 0.25) is 0 Å². The van der Waals surface area contributed by atoms with Crippen molar-refractivity contribution in [2.45, 2.75) is 0 Å². The fourth-order valence-electron chi connectivity index (χ4n) is 3.06. The first-order valence-corrected chi connectivity index (χ1v) is 6.84. The molecule has 0 saturated heterocycles. The summed E-state index contributed by atoms with van der Waals surface area (Å²) in [7, 11) is 0. The number of rotatable bonds is 1. The maximum Gasteiger partial charge on any atom is -0.00930 e. The molecule has 0 heteroatoms. The zero-order chi connectivity index (χ0) is 13.5. The van der Waals surface area contributed by atoms with Gasteiger partial charge in [-0.05, 0) is 43.9 Å². The highest BCUT2D eigenvalue weighted by molar-refractivity contribution is 6.19. The Kier molecular flexibility index (Phi) is 2.37. The van der Waals surface area contributed by atoms with Crippen LogP contribution >= 0.6 is 0 Å². The monoisotopic (exact) mass is 254 g/mol. The molecule has 0 amide bonds. The second-order valence-corrected chi connectivity index (χ2v) is 5.10. The van der Waals surface area contributed by atoms with E-state index in [2.05, 4.69) is 73.3 Å². The van der Waals surface area contributed by atoms with Gasteiger partial charge < -0.3 is 0 Å². The maximum atomic E-state index is 3.97. The predicted octanol–water partition coefficient (Wildman–Crippen LogP) is 5.79. The molecule has 0 nitrogen and oxygen atoms in total. The minimum atomic E-state index is 1.20. The molecule has 0 N–H and O–H groups in total. The van der Waals surface area contributed by atoms with Crippen LogP contribution < -0.4 is 0 Å². The average molecular weight is 254 g/mol. The molecule has 4 rings (SSSR count). The zero-order valence-electron chi connectivity index (χ0n) is 11.1. The highest BCUT2D eigenvalue weighted by Gasteiger charge is 2.06. The van der Waals surface area contributed by atoms with Crippen LogP contribution in [0, 0.1) is 0 Å². The van der Waals surface area contributed by atoms with Crippen LogP contribution in [0.2, 0.25) is 0 Å². The molecule has 0 radical (unpaired) electrons. The molecule has 0 unspecified atom stereocenters. The summed E-state index contributed by atoms with van der Waals surface area (Å²) in [4.78, 5) is 0. The highest BCUT2D eigenvalue weighted by atomic mass is 14.1. The van der Waals surface area contributed by atoms with E-state index >= 15 is 0 Å². The van der Waals surface area contributed by atoms with Crippen molar-refractivity contribution in [2.75, 3.05) is 0 Å². The lowest BCUT2D eigenvalue weighted by Gasteiger charge is -2.10. The molecule has 0 aromatic heterocycles. The predicted molar refractivity (Wildman–Crippen MR) is 89.1 cm³/mol. The molecule has 4 aromatic rings. The molecule has 0 atom stereocenters. The van der Waals surface area contributed by atoms with Gasteiger partial charge in [0.25, 0.3) is 0 Å². The van der Waals surface area contributed by atoms with E-state index < -0.39 is 0 Å². The van der Waals surface area contributed by atoms with Gasteiger partial charge in [-0.2, -0.15) is 0 Å². The zero-order valence-corrected chi connectivity index (χ0v) is 11.1. The Morgan fingerprint density at radius 3 is 2.05 bits per heavy atom. The Morgan fingerprint density at radius 2 is 1.25 bits per heavy atom. The quantitative estimate of drug-likeness (QED) is 0.377. The number of hydrogen-bond donors (Lipinski definition) is 0. The third-order valence-corrected chi connectivity index (χ3v) is 4.02. The molecule has 0 aliphatic rings. The van der Waals surface area contributed by atoms with Crippen molar-refractivity contribution < 1.29 is 0 Å². The molecular formula is C20H14. The van der Waals surface area contributed by atoms with Crippen LogP contribution in [0.1, 0.15) is 5.56 Å². The molecule has 0 spiro atoms.